The van der Waals surface area contributed by atoms with Crippen molar-refractivity contribution in [2.75, 3.05) is 6.61 Å². The van der Waals surface area contributed by atoms with Crippen molar-refractivity contribution < 1.29 is 15.0 Å². The van der Waals surface area contributed by atoms with E-state index in [4.69, 9.17) is 5.11 Å². The molecule has 2 fully saturated rings. The van der Waals surface area contributed by atoms with Gasteiger partial charge in [0.05, 0.1) is 18.8 Å². The van der Waals surface area contributed by atoms with Crippen molar-refractivity contribution in [1.29, 1.82) is 0 Å². The van der Waals surface area contributed by atoms with E-state index in [0.29, 0.717) is 6.54 Å². The zero-order valence-corrected chi connectivity index (χ0v) is 10.2. The van der Waals surface area contributed by atoms with Gasteiger partial charge in [-0.2, -0.15) is 0 Å². The van der Waals surface area contributed by atoms with Crippen LogP contribution in [-0.2, 0) is 6.54 Å². The third-order valence-corrected chi connectivity index (χ3v) is 4.25. The second-order valence-electron chi connectivity index (χ2n) is 5.57. The maximum Gasteiger partial charge on any atom is 0.358 e. The molecular weight excluding hydrogens is 234 g/mol. The van der Waals surface area contributed by atoms with Gasteiger partial charge in [-0.1, -0.05) is 11.6 Å². The summed E-state index contributed by atoms with van der Waals surface area (Å²) in [5.41, 5.74) is 0.768. The highest BCUT2D eigenvalue weighted by Crippen LogP contribution is 2.47. The Hall–Kier alpha value is -1.43. The van der Waals surface area contributed by atoms with Crippen LogP contribution in [0.4, 0.5) is 0 Å². The molecule has 0 unspecified atom stereocenters. The van der Waals surface area contributed by atoms with E-state index in [2.05, 4.69) is 10.3 Å². The molecule has 1 aromatic rings. The molecule has 0 aromatic carbocycles. The summed E-state index contributed by atoms with van der Waals surface area (Å²) in [7, 11) is 0. The fraction of sp³-hybridized carbons (Fsp3) is 0.750. The second-order valence-corrected chi connectivity index (χ2v) is 5.57. The lowest BCUT2D eigenvalue weighted by molar-refractivity contribution is 0.0687. The molecule has 2 aliphatic rings. The molecule has 0 amide bonds. The van der Waals surface area contributed by atoms with Gasteiger partial charge in [-0.15, -0.1) is 5.10 Å². The largest absolute Gasteiger partial charge is 0.476 e. The van der Waals surface area contributed by atoms with Crippen LogP contribution in [0, 0.1) is 5.41 Å². The predicted molar refractivity (Wildman–Crippen MR) is 62.3 cm³/mol. The van der Waals surface area contributed by atoms with E-state index in [1.54, 1.807) is 4.68 Å². The minimum Gasteiger partial charge on any atom is -0.476 e. The molecule has 6 heteroatoms. The highest BCUT2D eigenvalue weighted by Gasteiger charge is 2.44. The highest BCUT2D eigenvalue weighted by molar-refractivity contribution is 5.86. The maximum atomic E-state index is 11.2. The lowest BCUT2D eigenvalue weighted by Crippen LogP contribution is -2.23. The van der Waals surface area contributed by atoms with Crippen LogP contribution in [0.2, 0.25) is 0 Å². The summed E-state index contributed by atoms with van der Waals surface area (Å²) in [5.74, 6) is -0.724. The van der Waals surface area contributed by atoms with E-state index < -0.39 is 5.97 Å². The van der Waals surface area contributed by atoms with Gasteiger partial charge in [0.1, 0.15) is 0 Å². The Morgan fingerprint density at radius 2 is 2.17 bits per heavy atom. The summed E-state index contributed by atoms with van der Waals surface area (Å²) >= 11 is 0. The number of carbonyl (C=O) groups is 1. The number of aromatic carboxylic acids is 1. The van der Waals surface area contributed by atoms with Crippen molar-refractivity contribution in [1.82, 2.24) is 15.0 Å². The number of aliphatic hydroxyl groups is 1. The van der Waals surface area contributed by atoms with Crippen LogP contribution in [0.15, 0.2) is 0 Å². The molecule has 2 aliphatic carbocycles. The molecule has 0 aliphatic heterocycles. The highest BCUT2D eigenvalue weighted by atomic mass is 16.4. The molecule has 2 N–H and O–H groups in total. The van der Waals surface area contributed by atoms with E-state index in [9.17, 15) is 9.90 Å². The Bertz CT molecular complexity index is 475. The van der Waals surface area contributed by atoms with E-state index >= 15 is 0 Å². The van der Waals surface area contributed by atoms with E-state index in [-0.39, 0.29) is 23.6 Å². The van der Waals surface area contributed by atoms with Gasteiger partial charge in [-0.3, -0.25) is 0 Å². The standard InChI is InChI=1S/C12H17N3O3/c16-7-12(4-5-12)6-15-10(8-2-1-3-8)9(11(17)18)13-14-15/h8,16H,1-7H2,(H,17,18). The minimum absolute atomic E-state index is 0.0814. The minimum atomic E-state index is -1.00. The van der Waals surface area contributed by atoms with E-state index in [1.165, 1.54) is 0 Å². The molecule has 18 heavy (non-hydrogen) atoms. The summed E-state index contributed by atoms with van der Waals surface area (Å²) in [6.07, 6.45) is 5.13. The summed E-state index contributed by atoms with van der Waals surface area (Å²) in [6.45, 7) is 0.731. The number of rotatable bonds is 5. The zero-order chi connectivity index (χ0) is 12.8. The molecule has 1 heterocycles. The molecule has 0 bridgehead atoms. The molecule has 6 nitrogen and oxygen atoms in total. The molecular formula is C12H17N3O3. The fourth-order valence-corrected chi connectivity index (χ4v) is 2.54. The van der Waals surface area contributed by atoms with Crippen molar-refractivity contribution >= 4 is 5.97 Å². The van der Waals surface area contributed by atoms with Gasteiger partial charge in [-0.25, -0.2) is 9.48 Å². The first-order valence-electron chi connectivity index (χ1n) is 6.43. The summed E-state index contributed by atoms with van der Waals surface area (Å²) in [5, 5.41) is 26.3. The first kappa shape index (κ1) is 11.6. The molecule has 0 spiro atoms. The quantitative estimate of drug-likeness (QED) is 0.815. The Labute approximate surface area is 105 Å². The van der Waals surface area contributed by atoms with Crippen molar-refractivity contribution in [3.63, 3.8) is 0 Å². The number of aliphatic hydroxyl groups excluding tert-OH is 1. The van der Waals surface area contributed by atoms with Crippen molar-refractivity contribution in [2.45, 2.75) is 44.6 Å². The van der Waals surface area contributed by atoms with Crippen LogP contribution in [-0.4, -0.2) is 37.8 Å². The number of carboxylic acids is 1. The van der Waals surface area contributed by atoms with Gasteiger partial charge < -0.3 is 10.2 Å². The van der Waals surface area contributed by atoms with Crippen LogP contribution in [0.1, 0.15) is 54.2 Å². The van der Waals surface area contributed by atoms with E-state index in [0.717, 1.165) is 37.8 Å². The van der Waals surface area contributed by atoms with Gasteiger partial charge in [0.25, 0.3) is 0 Å². The summed E-state index contributed by atoms with van der Waals surface area (Å²) < 4.78 is 1.72. The predicted octanol–water partition coefficient (Wildman–Crippen LogP) is 1.02. The Kier molecular flexibility index (Phi) is 2.62. The molecule has 1 aromatic heterocycles. The van der Waals surface area contributed by atoms with Gasteiger partial charge in [0, 0.05) is 11.3 Å². The number of nitrogens with zero attached hydrogens (tertiary/aromatic N) is 3. The van der Waals surface area contributed by atoms with Crippen LogP contribution < -0.4 is 0 Å². The van der Waals surface area contributed by atoms with Gasteiger partial charge in [0.2, 0.25) is 0 Å². The molecule has 2 saturated carbocycles. The Morgan fingerprint density at radius 1 is 1.44 bits per heavy atom. The molecule has 0 atom stereocenters. The van der Waals surface area contributed by atoms with Crippen molar-refractivity contribution in [3.8, 4) is 0 Å². The number of aromatic nitrogens is 3. The van der Waals surface area contributed by atoms with Crippen molar-refractivity contribution in [2.24, 2.45) is 5.41 Å². The molecule has 0 radical (unpaired) electrons. The summed E-state index contributed by atoms with van der Waals surface area (Å²) in [6, 6.07) is 0. The molecule has 98 valence electrons. The number of carboxylic acid groups (broad SMARTS) is 1. The average Bonchev–Trinajstić information content (AvgIpc) is 2.93. The topological polar surface area (TPSA) is 88.2 Å². The van der Waals surface area contributed by atoms with Crippen molar-refractivity contribution in [3.05, 3.63) is 11.4 Å². The Balaban J connectivity index is 1.91. The molecule has 0 saturated heterocycles. The van der Waals surface area contributed by atoms with Crippen LogP contribution in [0.5, 0.6) is 0 Å². The average molecular weight is 251 g/mol. The summed E-state index contributed by atoms with van der Waals surface area (Å²) in [4.78, 5) is 11.2. The van der Waals surface area contributed by atoms with Gasteiger partial charge in [0.15, 0.2) is 5.69 Å². The van der Waals surface area contributed by atoms with Crippen LogP contribution >= 0.6 is 0 Å². The van der Waals surface area contributed by atoms with Crippen LogP contribution in [0.25, 0.3) is 0 Å². The maximum absolute atomic E-state index is 11.2. The third kappa shape index (κ3) is 1.80. The van der Waals surface area contributed by atoms with Gasteiger partial charge in [-0.05, 0) is 25.7 Å². The van der Waals surface area contributed by atoms with Gasteiger partial charge >= 0.3 is 5.97 Å². The van der Waals surface area contributed by atoms with Crippen LogP contribution in [0.3, 0.4) is 0 Å². The number of hydrogen-bond donors (Lipinski definition) is 2. The SMILES string of the molecule is O=C(O)c1nnn(CC2(CO)CC2)c1C1CCC1. The lowest BCUT2D eigenvalue weighted by Gasteiger charge is -2.27. The fourth-order valence-electron chi connectivity index (χ4n) is 2.54. The smallest absolute Gasteiger partial charge is 0.358 e. The second kappa shape index (κ2) is 4.05. The normalized spacial score (nSPS) is 21.6. The Morgan fingerprint density at radius 3 is 2.61 bits per heavy atom. The number of hydrogen-bond acceptors (Lipinski definition) is 4. The molecule has 3 rings (SSSR count). The third-order valence-electron chi connectivity index (χ3n) is 4.25. The monoisotopic (exact) mass is 251 g/mol. The zero-order valence-electron chi connectivity index (χ0n) is 10.2. The van der Waals surface area contributed by atoms with E-state index in [1.807, 2.05) is 0 Å². The first-order chi connectivity index (χ1) is 8.65. The first-order valence-corrected chi connectivity index (χ1v) is 6.43. The lowest BCUT2D eigenvalue weighted by atomic mass is 9.82.